The van der Waals surface area contributed by atoms with E-state index >= 15 is 0 Å². The van der Waals surface area contributed by atoms with Gasteiger partial charge in [-0.15, -0.1) is 0 Å². The van der Waals surface area contributed by atoms with E-state index in [2.05, 4.69) is 5.32 Å². The molecule has 0 radical (unpaired) electrons. The van der Waals surface area contributed by atoms with Gasteiger partial charge in [0.25, 0.3) is 0 Å². The lowest BCUT2D eigenvalue weighted by molar-refractivity contribution is -0.139. The van der Waals surface area contributed by atoms with Crippen molar-refractivity contribution < 1.29 is 14.6 Å². The molecular formula is C14H21NO3. The Morgan fingerprint density at radius 3 is 2.67 bits per heavy atom. The number of carbonyl (C=O) groups is 1. The summed E-state index contributed by atoms with van der Waals surface area (Å²) in [5.41, 5.74) is 2.40. The van der Waals surface area contributed by atoms with Crippen molar-refractivity contribution >= 4 is 5.97 Å². The lowest BCUT2D eigenvalue weighted by Gasteiger charge is -2.14. The van der Waals surface area contributed by atoms with Gasteiger partial charge in [0.1, 0.15) is 11.8 Å². The zero-order valence-electron chi connectivity index (χ0n) is 11.2. The van der Waals surface area contributed by atoms with E-state index in [1.165, 1.54) is 11.1 Å². The molecule has 0 aliphatic carbocycles. The van der Waals surface area contributed by atoms with Gasteiger partial charge in [0.15, 0.2) is 0 Å². The molecular weight excluding hydrogens is 230 g/mol. The fourth-order valence-corrected chi connectivity index (χ4v) is 1.66. The lowest BCUT2D eigenvalue weighted by Crippen LogP contribution is -2.37. The van der Waals surface area contributed by atoms with Crippen LogP contribution in [0.3, 0.4) is 0 Å². The van der Waals surface area contributed by atoms with E-state index < -0.39 is 12.0 Å². The minimum absolute atomic E-state index is 0.395. The highest BCUT2D eigenvalue weighted by molar-refractivity contribution is 5.73. The molecule has 0 aliphatic heterocycles. The van der Waals surface area contributed by atoms with Crippen LogP contribution in [0, 0.1) is 13.8 Å². The van der Waals surface area contributed by atoms with Crippen molar-refractivity contribution in [1.82, 2.24) is 5.32 Å². The normalized spacial score (nSPS) is 12.2. The molecule has 0 saturated carbocycles. The molecule has 0 aromatic heterocycles. The number of hydrogen-bond acceptors (Lipinski definition) is 3. The quantitative estimate of drug-likeness (QED) is 0.779. The van der Waals surface area contributed by atoms with Crippen LogP contribution in [0.1, 0.15) is 24.5 Å². The molecule has 0 heterocycles. The lowest BCUT2D eigenvalue weighted by atomic mass is 10.1. The number of likely N-dealkylation sites (N-methyl/N-ethyl adjacent to an activating group) is 1. The van der Waals surface area contributed by atoms with E-state index in [0.29, 0.717) is 19.6 Å². The maximum atomic E-state index is 10.9. The van der Waals surface area contributed by atoms with Gasteiger partial charge in [-0.1, -0.05) is 13.0 Å². The van der Waals surface area contributed by atoms with E-state index in [1.807, 2.05) is 39.0 Å². The average Bonchev–Trinajstić information content (AvgIpc) is 2.32. The first kappa shape index (κ1) is 14.5. The van der Waals surface area contributed by atoms with Crippen LogP contribution in [-0.4, -0.2) is 30.3 Å². The van der Waals surface area contributed by atoms with Crippen LogP contribution in [0.5, 0.6) is 5.75 Å². The van der Waals surface area contributed by atoms with Gasteiger partial charge < -0.3 is 15.2 Å². The summed E-state index contributed by atoms with van der Waals surface area (Å²) in [5, 5.41) is 11.9. The molecule has 1 rings (SSSR count). The topological polar surface area (TPSA) is 58.6 Å². The largest absolute Gasteiger partial charge is 0.494 e. The predicted octanol–water partition coefficient (Wildman–Crippen LogP) is 2.14. The first-order valence-electron chi connectivity index (χ1n) is 6.20. The van der Waals surface area contributed by atoms with Gasteiger partial charge in [-0.3, -0.25) is 4.79 Å². The second-order valence-electron chi connectivity index (χ2n) is 4.33. The number of nitrogens with one attached hydrogen (secondary N) is 1. The van der Waals surface area contributed by atoms with E-state index in [1.54, 1.807) is 0 Å². The monoisotopic (exact) mass is 251 g/mol. The maximum Gasteiger partial charge on any atom is 0.320 e. The summed E-state index contributed by atoms with van der Waals surface area (Å²) in [4.78, 5) is 10.9. The van der Waals surface area contributed by atoms with E-state index in [0.717, 1.165) is 5.75 Å². The Bertz CT molecular complexity index is 404. The van der Waals surface area contributed by atoms with Crippen LogP contribution in [-0.2, 0) is 4.79 Å². The van der Waals surface area contributed by atoms with Crippen LogP contribution in [0.2, 0.25) is 0 Å². The number of carboxylic acid groups (broad SMARTS) is 1. The number of aryl methyl sites for hydroxylation is 2. The van der Waals surface area contributed by atoms with Crippen LogP contribution in [0.15, 0.2) is 18.2 Å². The van der Waals surface area contributed by atoms with Crippen molar-refractivity contribution in [3.63, 3.8) is 0 Å². The summed E-state index contributed by atoms with van der Waals surface area (Å²) in [6.45, 7) is 7.00. The van der Waals surface area contributed by atoms with Gasteiger partial charge in [-0.25, -0.2) is 0 Å². The molecule has 1 aromatic rings. The van der Waals surface area contributed by atoms with Crippen molar-refractivity contribution in [3.05, 3.63) is 29.3 Å². The number of aliphatic carboxylic acids is 1. The average molecular weight is 251 g/mol. The Morgan fingerprint density at radius 1 is 1.39 bits per heavy atom. The summed E-state index contributed by atoms with van der Waals surface area (Å²) in [5.74, 6) is -0.0423. The zero-order valence-corrected chi connectivity index (χ0v) is 11.2. The Morgan fingerprint density at radius 2 is 2.11 bits per heavy atom. The molecule has 2 N–H and O–H groups in total. The minimum Gasteiger partial charge on any atom is -0.494 e. The molecule has 1 aromatic carbocycles. The number of rotatable bonds is 7. The molecule has 100 valence electrons. The van der Waals surface area contributed by atoms with Crippen LogP contribution >= 0.6 is 0 Å². The zero-order chi connectivity index (χ0) is 13.5. The Labute approximate surface area is 108 Å². The van der Waals surface area contributed by atoms with Crippen molar-refractivity contribution in [3.8, 4) is 5.75 Å². The fourth-order valence-electron chi connectivity index (χ4n) is 1.66. The van der Waals surface area contributed by atoms with E-state index in [9.17, 15) is 4.79 Å². The van der Waals surface area contributed by atoms with Gasteiger partial charge in [-0.05, 0) is 43.7 Å². The van der Waals surface area contributed by atoms with E-state index in [4.69, 9.17) is 9.84 Å². The molecule has 1 unspecified atom stereocenters. The van der Waals surface area contributed by atoms with Gasteiger partial charge in [-0.2, -0.15) is 0 Å². The van der Waals surface area contributed by atoms with Crippen LogP contribution < -0.4 is 10.1 Å². The Hall–Kier alpha value is -1.55. The highest BCUT2D eigenvalue weighted by atomic mass is 16.5. The smallest absolute Gasteiger partial charge is 0.320 e. The number of hydrogen-bond donors (Lipinski definition) is 2. The van der Waals surface area contributed by atoms with Gasteiger partial charge in [0, 0.05) is 6.42 Å². The number of ether oxygens (including phenoxy) is 1. The first-order valence-corrected chi connectivity index (χ1v) is 6.20. The molecule has 0 aliphatic rings. The molecule has 18 heavy (non-hydrogen) atoms. The van der Waals surface area contributed by atoms with Crippen molar-refractivity contribution in [1.29, 1.82) is 0 Å². The van der Waals surface area contributed by atoms with Crippen molar-refractivity contribution in [2.45, 2.75) is 33.2 Å². The van der Waals surface area contributed by atoms with Gasteiger partial charge >= 0.3 is 5.97 Å². The summed E-state index contributed by atoms with van der Waals surface area (Å²) in [7, 11) is 0. The van der Waals surface area contributed by atoms with Crippen LogP contribution in [0.25, 0.3) is 0 Å². The van der Waals surface area contributed by atoms with Crippen molar-refractivity contribution in [2.24, 2.45) is 0 Å². The molecule has 4 heteroatoms. The third kappa shape index (κ3) is 4.37. The summed E-state index contributed by atoms with van der Waals surface area (Å²) < 4.78 is 5.57. The number of carboxylic acids is 1. The Balaban J connectivity index is 2.44. The van der Waals surface area contributed by atoms with Gasteiger partial charge in [0.2, 0.25) is 0 Å². The molecule has 1 atom stereocenters. The van der Waals surface area contributed by atoms with Crippen molar-refractivity contribution in [2.75, 3.05) is 13.2 Å². The highest BCUT2D eigenvalue weighted by Crippen LogP contribution is 2.16. The number of benzene rings is 1. The third-order valence-corrected chi connectivity index (χ3v) is 2.90. The van der Waals surface area contributed by atoms with E-state index in [-0.39, 0.29) is 0 Å². The molecule has 0 bridgehead atoms. The first-order chi connectivity index (χ1) is 8.54. The second kappa shape index (κ2) is 7.01. The molecule has 0 fully saturated rings. The summed E-state index contributed by atoms with van der Waals surface area (Å²) in [6.07, 6.45) is 0.454. The second-order valence-corrected chi connectivity index (χ2v) is 4.33. The van der Waals surface area contributed by atoms with Crippen LogP contribution in [0.4, 0.5) is 0 Å². The maximum absolute atomic E-state index is 10.9. The molecule has 4 nitrogen and oxygen atoms in total. The molecule has 0 amide bonds. The predicted molar refractivity (Wildman–Crippen MR) is 71.1 cm³/mol. The highest BCUT2D eigenvalue weighted by Gasteiger charge is 2.15. The Kier molecular flexibility index (Phi) is 5.65. The SMILES string of the molecule is CCNC(CCOc1ccc(C)c(C)c1)C(=O)O. The minimum atomic E-state index is -0.833. The third-order valence-electron chi connectivity index (χ3n) is 2.90. The molecule has 0 saturated heterocycles. The fraction of sp³-hybridized carbons (Fsp3) is 0.500. The standard InChI is InChI=1S/C14H21NO3/c1-4-15-13(14(16)17)7-8-18-12-6-5-10(2)11(3)9-12/h5-6,9,13,15H,4,7-8H2,1-3H3,(H,16,17). The van der Waals surface area contributed by atoms with Gasteiger partial charge in [0.05, 0.1) is 6.61 Å². The molecule has 0 spiro atoms. The summed E-state index contributed by atoms with van der Waals surface area (Å²) in [6, 6.07) is 5.34. The summed E-state index contributed by atoms with van der Waals surface area (Å²) >= 11 is 0.